The molecule has 0 aliphatic rings. The topological polar surface area (TPSA) is 70.2 Å². The number of nitrogens with one attached hydrogen (secondary N) is 3. The molecule has 126 valence electrons. The normalized spacial score (nSPS) is 11.4. The number of carbonyl (C=O) groups is 2. The van der Waals surface area contributed by atoms with Crippen LogP contribution in [-0.4, -0.2) is 25.0 Å². The molecule has 0 saturated heterocycles. The zero-order valence-electron chi connectivity index (χ0n) is 13.4. The summed E-state index contributed by atoms with van der Waals surface area (Å²) in [7, 11) is 0. The van der Waals surface area contributed by atoms with E-state index in [4.69, 9.17) is 0 Å². The van der Waals surface area contributed by atoms with Gasteiger partial charge in [0.05, 0.1) is 6.04 Å². The molecule has 0 aliphatic carbocycles. The van der Waals surface area contributed by atoms with Crippen molar-refractivity contribution in [2.24, 2.45) is 0 Å². The maximum atomic E-state index is 11.9. The molecule has 0 bridgehead atoms. The monoisotopic (exact) mass is 389 g/mol. The molecule has 5 nitrogen and oxygen atoms in total. The van der Waals surface area contributed by atoms with Crippen molar-refractivity contribution in [2.45, 2.75) is 13.0 Å². The van der Waals surface area contributed by atoms with Gasteiger partial charge in [0, 0.05) is 23.1 Å². The molecule has 1 atom stereocenters. The van der Waals surface area contributed by atoms with Crippen LogP contribution >= 0.6 is 15.9 Å². The molecule has 1 unspecified atom stereocenters. The summed E-state index contributed by atoms with van der Waals surface area (Å²) >= 11 is 3.41. The number of hydrogen-bond acceptors (Lipinski definition) is 2. The SMILES string of the molecule is CC(NC(=O)NCCNC(=O)c1ccccc1)c1cccc(Br)c1. The Hall–Kier alpha value is -2.34. The van der Waals surface area contributed by atoms with E-state index in [0.717, 1.165) is 10.0 Å². The van der Waals surface area contributed by atoms with Crippen LogP contribution in [0.3, 0.4) is 0 Å². The highest BCUT2D eigenvalue weighted by atomic mass is 79.9. The van der Waals surface area contributed by atoms with Gasteiger partial charge in [0.15, 0.2) is 0 Å². The highest BCUT2D eigenvalue weighted by molar-refractivity contribution is 9.10. The van der Waals surface area contributed by atoms with Gasteiger partial charge in [-0.3, -0.25) is 4.79 Å². The van der Waals surface area contributed by atoms with E-state index < -0.39 is 0 Å². The second kappa shape index (κ2) is 9.08. The minimum absolute atomic E-state index is 0.110. The first-order valence-electron chi connectivity index (χ1n) is 7.69. The standard InChI is InChI=1S/C18H20BrN3O2/c1-13(15-8-5-9-16(19)12-15)22-18(24)21-11-10-20-17(23)14-6-3-2-4-7-14/h2-9,12-13H,10-11H2,1H3,(H,20,23)(H2,21,22,24). The molecule has 2 aromatic rings. The van der Waals surface area contributed by atoms with Gasteiger partial charge < -0.3 is 16.0 Å². The van der Waals surface area contributed by atoms with Crippen molar-refractivity contribution >= 4 is 27.9 Å². The van der Waals surface area contributed by atoms with Crippen molar-refractivity contribution in [1.82, 2.24) is 16.0 Å². The van der Waals surface area contributed by atoms with Crippen molar-refractivity contribution in [3.05, 3.63) is 70.2 Å². The molecule has 0 radical (unpaired) electrons. The first-order valence-corrected chi connectivity index (χ1v) is 8.48. The van der Waals surface area contributed by atoms with Crippen molar-refractivity contribution in [1.29, 1.82) is 0 Å². The molecule has 2 rings (SSSR count). The fraction of sp³-hybridized carbons (Fsp3) is 0.222. The summed E-state index contributed by atoms with van der Waals surface area (Å²) in [6.07, 6.45) is 0. The van der Waals surface area contributed by atoms with E-state index in [-0.39, 0.29) is 18.0 Å². The summed E-state index contributed by atoms with van der Waals surface area (Å²) in [4.78, 5) is 23.7. The van der Waals surface area contributed by atoms with Crippen LogP contribution in [-0.2, 0) is 0 Å². The lowest BCUT2D eigenvalue weighted by Crippen LogP contribution is -2.41. The van der Waals surface area contributed by atoms with Crippen molar-refractivity contribution < 1.29 is 9.59 Å². The van der Waals surface area contributed by atoms with E-state index in [1.54, 1.807) is 12.1 Å². The van der Waals surface area contributed by atoms with Crippen LogP contribution in [0.15, 0.2) is 59.1 Å². The van der Waals surface area contributed by atoms with Gasteiger partial charge in [-0.1, -0.05) is 46.3 Å². The molecule has 0 saturated carbocycles. The van der Waals surface area contributed by atoms with Crippen molar-refractivity contribution in [3.8, 4) is 0 Å². The maximum absolute atomic E-state index is 11.9. The summed E-state index contributed by atoms with van der Waals surface area (Å²) in [5, 5.41) is 8.35. The summed E-state index contributed by atoms with van der Waals surface area (Å²) in [5.41, 5.74) is 1.61. The molecule has 3 amide bonds. The van der Waals surface area contributed by atoms with Crippen LogP contribution in [0.25, 0.3) is 0 Å². The van der Waals surface area contributed by atoms with Gasteiger partial charge in [0.2, 0.25) is 0 Å². The molecule has 0 heterocycles. The van der Waals surface area contributed by atoms with Gasteiger partial charge in [-0.15, -0.1) is 0 Å². The minimum atomic E-state index is -0.267. The predicted octanol–water partition coefficient (Wildman–Crippen LogP) is 3.24. The summed E-state index contributed by atoms with van der Waals surface area (Å²) in [6, 6.07) is 16.4. The molecular weight excluding hydrogens is 370 g/mol. The number of benzene rings is 2. The Kier molecular flexibility index (Phi) is 6.81. The Morgan fingerprint density at radius 2 is 1.71 bits per heavy atom. The summed E-state index contributed by atoms with van der Waals surface area (Å²) < 4.78 is 0.970. The van der Waals surface area contributed by atoms with Crippen LogP contribution in [0.4, 0.5) is 4.79 Å². The van der Waals surface area contributed by atoms with E-state index in [0.29, 0.717) is 18.7 Å². The van der Waals surface area contributed by atoms with Crippen molar-refractivity contribution in [2.75, 3.05) is 13.1 Å². The minimum Gasteiger partial charge on any atom is -0.350 e. The third kappa shape index (κ3) is 5.70. The highest BCUT2D eigenvalue weighted by Crippen LogP contribution is 2.17. The Morgan fingerprint density at radius 1 is 1.00 bits per heavy atom. The number of urea groups is 1. The second-order valence-electron chi connectivity index (χ2n) is 5.30. The van der Waals surface area contributed by atoms with Gasteiger partial charge in [0.1, 0.15) is 0 Å². The van der Waals surface area contributed by atoms with Gasteiger partial charge in [-0.25, -0.2) is 4.79 Å². The van der Waals surface area contributed by atoms with Gasteiger partial charge in [0.25, 0.3) is 5.91 Å². The smallest absolute Gasteiger partial charge is 0.315 e. The number of hydrogen-bond donors (Lipinski definition) is 3. The second-order valence-corrected chi connectivity index (χ2v) is 6.21. The molecule has 0 spiro atoms. The number of amides is 3. The molecular formula is C18H20BrN3O2. The van der Waals surface area contributed by atoms with Crippen molar-refractivity contribution in [3.63, 3.8) is 0 Å². The molecule has 2 aromatic carbocycles. The summed E-state index contributed by atoms with van der Waals surface area (Å²) in [6.45, 7) is 2.64. The highest BCUT2D eigenvalue weighted by Gasteiger charge is 2.09. The van der Waals surface area contributed by atoms with Crippen LogP contribution in [0.5, 0.6) is 0 Å². The lowest BCUT2D eigenvalue weighted by Gasteiger charge is -2.15. The Bertz CT molecular complexity index is 692. The fourth-order valence-corrected chi connectivity index (χ4v) is 2.57. The zero-order valence-corrected chi connectivity index (χ0v) is 15.0. The average Bonchev–Trinajstić information content (AvgIpc) is 2.59. The summed E-state index contributed by atoms with van der Waals surface area (Å²) in [5.74, 6) is -0.152. The molecule has 3 N–H and O–H groups in total. The largest absolute Gasteiger partial charge is 0.350 e. The predicted molar refractivity (Wildman–Crippen MR) is 97.9 cm³/mol. The quantitative estimate of drug-likeness (QED) is 0.663. The third-order valence-corrected chi connectivity index (χ3v) is 3.92. The van der Waals surface area contributed by atoms with Crippen LogP contribution in [0.1, 0.15) is 28.9 Å². The Balaban J connectivity index is 1.69. The number of carbonyl (C=O) groups excluding carboxylic acids is 2. The number of rotatable bonds is 6. The Labute approximate surface area is 150 Å². The molecule has 24 heavy (non-hydrogen) atoms. The first kappa shape index (κ1) is 18.0. The van der Waals surface area contributed by atoms with E-state index >= 15 is 0 Å². The van der Waals surface area contributed by atoms with Gasteiger partial charge in [-0.05, 0) is 36.8 Å². The van der Waals surface area contributed by atoms with Crippen LogP contribution in [0.2, 0.25) is 0 Å². The van der Waals surface area contributed by atoms with Gasteiger partial charge >= 0.3 is 6.03 Å². The molecule has 0 aromatic heterocycles. The fourth-order valence-electron chi connectivity index (χ4n) is 2.15. The first-order chi connectivity index (χ1) is 11.6. The average molecular weight is 390 g/mol. The lowest BCUT2D eigenvalue weighted by atomic mass is 10.1. The van der Waals surface area contributed by atoms with Gasteiger partial charge in [-0.2, -0.15) is 0 Å². The molecule has 0 aliphatic heterocycles. The van der Waals surface area contributed by atoms with E-state index in [9.17, 15) is 9.59 Å². The molecule has 6 heteroatoms. The molecule has 0 fully saturated rings. The Morgan fingerprint density at radius 3 is 2.42 bits per heavy atom. The zero-order chi connectivity index (χ0) is 17.4. The van der Waals surface area contributed by atoms with E-state index in [1.807, 2.05) is 49.4 Å². The van der Waals surface area contributed by atoms with E-state index in [2.05, 4.69) is 31.9 Å². The third-order valence-electron chi connectivity index (χ3n) is 3.43. The van der Waals surface area contributed by atoms with Crippen LogP contribution in [0, 0.1) is 0 Å². The number of halogens is 1. The van der Waals surface area contributed by atoms with Crippen LogP contribution < -0.4 is 16.0 Å². The maximum Gasteiger partial charge on any atom is 0.315 e. The van der Waals surface area contributed by atoms with E-state index in [1.165, 1.54) is 0 Å². The lowest BCUT2D eigenvalue weighted by molar-refractivity contribution is 0.0954.